The summed E-state index contributed by atoms with van der Waals surface area (Å²) in [6.45, 7) is 1.85. The van der Waals surface area contributed by atoms with Gasteiger partial charge in [0.1, 0.15) is 11.5 Å². The predicted octanol–water partition coefficient (Wildman–Crippen LogP) is 7.30. The van der Waals surface area contributed by atoms with Crippen molar-refractivity contribution in [2.24, 2.45) is 0 Å². The Morgan fingerprint density at radius 1 is 0.938 bits per heavy atom. The van der Waals surface area contributed by atoms with Crippen LogP contribution < -0.4 is 14.4 Å². The lowest BCUT2D eigenvalue weighted by atomic mass is 10.0. The maximum atomic E-state index is 13.3. The smallest absolute Gasteiger partial charge is 0.420 e. The van der Waals surface area contributed by atoms with Crippen LogP contribution in [0.15, 0.2) is 36.4 Å². The molecule has 0 saturated carbocycles. The molecular formula is C20H19F8NO3. The molecule has 32 heavy (non-hydrogen) atoms. The zero-order valence-corrected chi connectivity index (χ0v) is 17.2. The number of rotatable bonds is 4. The Kier molecular flexibility index (Phi) is 8.86. The minimum atomic E-state index is -5.23. The van der Waals surface area contributed by atoms with Crippen molar-refractivity contribution < 1.29 is 49.4 Å². The van der Waals surface area contributed by atoms with E-state index in [0.29, 0.717) is 6.07 Å². The number of anilines is 1. The Bertz CT molecular complexity index is 909. The first kappa shape index (κ1) is 27.0. The number of carbonyl (C=O) groups excluding carboxylic acids is 1. The number of aryl methyl sites for hydroxylation is 1. The van der Waals surface area contributed by atoms with Gasteiger partial charge in [-0.1, -0.05) is 13.8 Å². The van der Waals surface area contributed by atoms with Crippen LogP contribution in [0.5, 0.6) is 11.5 Å². The van der Waals surface area contributed by atoms with Gasteiger partial charge in [-0.3, -0.25) is 4.90 Å². The van der Waals surface area contributed by atoms with Crippen LogP contribution in [0, 0.1) is 6.92 Å². The average molecular weight is 473 g/mol. The van der Waals surface area contributed by atoms with E-state index in [-0.39, 0.29) is 17.5 Å². The van der Waals surface area contributed by atoms with Gasteiger partial charge < -0.3 is 9.47 Å². The summed E-state index contributed by atoms with van der Waals surface area (Å²) in [6, 6.07) is 4.75. The second-order valence-corrected chi connectivity index (χ2v) is 5.96. The number of halogens is 8. The van der Waals surface area contributed by atoms with Crippen LogP contribution in [-0.2, 0) is 12.4 Å². The lowest BCUT2D eigenvalue weighted by Crippen LogP contribution is -2.30. The highest BCUT2D eigenvalue weighted by Gasteiger charge is 2.40. The van der Waals surface area contributed by atoms with Crippen molar-refractivity contribution in [2.75, 3.05) is 11.9 Å². The molecule has 0 spiro atoms. The minimum absolute atomic E-state index is 0.0414. The van der Waals surface area contributed by atoms with Crippen molar-refractivity contribution in [1.29, 1.82) is 0 Å². The molecule has 2 rings (SSSR count). The fraction of sp³-hybridized carbons (Fsp3) is 0.350. The molecule has 4 nitrogen and oxygen atoms in total. The van der Waals surface area contributed by atoms with Gasteiger partial charge in [-0.25, -0.2) is 4.79 Å². The average Bonchev–Trinajstić information content (AvgIpc) is 2.68. The molecule has 1 amide bonds. The van der Waals surface area contributed by atoms with E-state index in [2.05, 4.69) is 4.74 Å². The van der Waals surface area contributed by atoms with Gasteiger partial charge in [0.05, 0.1) is 11.1 Å². The highest BCUT2D eigenvalue weighted by Crippen LogP contribution is 2.42. The molecule has 0 N–H and O–H groups in total. The van der Waals surface area contributed by atoms with E-state index >= 15 is 0 Å². The number of hydrogen-bond donors (Lipinski definition) is 0. The molecular weight excluding hydrogens is 454 g/mol. The van der Waals surface area contributed by atoms with Crippen LogP contribution in [0.2, 0.25) is 0 Å². The first-order valence-electron chi connectivity index (χ1n) is 8.99. The van der Waals surface area contributed by atoms with E-state index in [1.165, 1.54) is 0 Å². The molecule has 2 aromatic carbocycles. The van der Waals surface area contributed by atoms with Gasteiger partial charge in [0.15, 0.2) is 0 Å². The molecule has 0 fully saturated rings. The zero-order valence-electron chi connectivity index (χ0n) is 17.2. The molecule has 0 aliphatic heterocycles. The number of alkyl halides is 8. The zero-order chi connectivity index (χ0) is 24.9. The van der Waals surface area contributed by atoms with Crippen molar-refractivity contribution >= 4 is 11.8 Å². The highest BCUT2D eigenvalue weighted by molar-refractivity contribution is 5.89. The summed E-state index contributed by atoms with van der Waals surface area (Å²) in [5.41, 5.74) is -3.83. The summed E-state index contributed by atoms with van der Waals surface area (Å²) in [4.78, 5) is 13.0. The van der Waals surface area contributed by atoms with E-state index < -0.39 is 47.5 Å². The highest BCUT2D eigenvalue weighted by atomic mass is 19.4. The van der Waals surface area contributed by atoms with Crippen LogP contribution in [-0.4, -0.2) is 19.8 Å². The van der Waals surface area contributed by atoms with Crippen LogP contribution in [0.4, 0.5) is 45.6 Å². The lowest BCUT2D eigenvalue weighted by molar-refractivity contribution is -0.143. The molecule has 0 aliphatic carbocycles. The van der Waals surface area contributed by atoms with E-state index in [0.717, 1.165) is 43.1 Å². The van der Waals surface area contributed by atoms with Crippen LogP contribution >= 0.6 is 0 Å². The van der Waals surface area contributed by atoms with E-state index in [9.17, 15) is 39.9 Å². The summed E-state index contributed by atoms with van der Waals surface area (Å²) >= 11 is 0. The van der Waals surface area contributed by atoms with Gasteiger partial charge in [-0.05, 0) is 48.9 Å². The standard InChI is InChI=1S/C18H13F8NO3.C2H6/c1-9-7-10(17(21,22)23)8-13(18(24,25)26)14(9)30-16(28)27(2)11-3-5-12(6-4-11)29-15(19)20;1-2/h3-8,15H,1-2H3;1-2H3. The SMILES string of the molecule is CC.Cc1cc(C(F)(F)F)cc(C(F)(F)F)c1OC(=O)N(C)c1ccc(OC(F)F)cc1. The second-order valence-electron chi connectivity index (χ2n) is 5.96. The molecule has 178 valence electrons. The van der Waals surface area contributed by atoms with Gasteiger partial charge in [-0.2, -0.15) is 35.1 Å². The predicted molar refractivity (Wildman–Crippen MR) is 100 cm³/mol. The first-order chi connectivity index (χ1) is 14.7. The van der Waals surface area contributed by atoms with Gasteiger partial charge in [-0.15, -0.1) is 0 Å². The Labute approximate surface area is 178 Å². The largest absolute Gasteiger partial charge is 0.435 e. The van der Waals surface area contributed by atoms with E-state index in [4.69, 9.17) is 4.74 Å². The van der Waals surface area contributed by atoms with Crippen molar-refractivity contribution in [3.05, 3.63) is 53.1 Å². The number of nitrogens with zero attached hydrogens (tertiary/aromatic N) is 1. The third kappa shape index (κ3) is 6.99. The van der Waals surface area contributed by atoms with Crippen molar-refractivity contribution in [2.45, 2.75) is 39.7 Å². The van der Waals surface area contributed by atoms with Gasteiger partial charge in [0.2, 0.25) is 0 Å². The maximum absolute atomic E-state index is 13.3. The summed E-state index contributed by atoms with van der Waals surface area (Å²) in [6.07, 6.45) is -11.6. The Morgan fingerprint density at radius 2 is 1.47 bits per heavy atom. The summed E-state index contributed by atoms with van der Waals surface area (Å²) in [5.74, 6) is -1.31. The Morgan fingerprint density at radius 3 is 1.91 bits per heavy atom. The summed E-state index contributed by atoms with van der Waals surface area (Å²) in [5, 5.41) is 0. The first-order valence-corrected chi connectivity index (χ1v) is 8.99. The molecule has 0 saturated heterocycles. The molecule has 0 radical (unpaired) electrons. The monoisotopic (exact) mass is 473 g/mol. The molecule has 0 bridgehead atoms. The molecule has 2 aromatic rings. The molecule has 0 aromatic heterocycles. The van der Waals surface area contributed by atoms with E-state index in [1.54, 1.807) is 0 Å². The third-order valence-electron chi connectivity index (χ3n) is 3.82. The quantitative estimate of drug-likeness (QED) is 0.438. The normalized spacial score (nSPS) is 11.5. The molecule has 0 heterocycles. The van der Waals surface area contributed by atoms with Crippen LogP contribution in [0.25, 0.3) is 0 Å². The Hall–Kier alpha value is -3.05. The van der Waals surface area contributed by atoms with Crippen LogP contribution in [0.3, 0.4) is 0 Å². The van der Waals surface area contributed by atoms with E-state index in [1.807, 2.05) is 13.8 Å². The number of ether oxygens (including phenoxy) is 2. The molecule has 12 heteroatoms. The minimum Gasteiger partial charge on any atom is -0.435 e. The van der Waals surface area contributed by atoms with Crippen LogP contribution in [0.1, 0.15) is 30.5 Å². The van der Waals surface area contributed by atoms with Crippen molar-refractivity contribution in [1.82, 2.24) is 0 Å². The third-order valence-corrected chi connectivity index (χ3v) is 3.82. The van der Waals surface area contributed by atoms with Gasteiger partial charge in [0, 0.05) is 12.7 Å². The van der Waals surface area contributed by atoms with Crippen molar-refractivity contribution in [3.63, 3.8) is 0 Å². The molecule has 0 atom stereocenters. The fourth-order valence-corrected chi connectivity index (χ4v) is 2.40. The number of carbonyl (C=O) groups is 1. The lowest BCUT2D eigenvalue weighted by Gasteiger charge is -2.21. The molecule has 0 aliphatic rings. The topological polar surface area (TPSA) is 38.8 Å². The summed E-state index contributed by atoms with van der Waals surface area (Å²) < 4.78 is 112. The fourth-order valence-electron chi connectivity index (χ4n) is 2.40. The number of hydrogen-bond acceptors (Lipinski definition) is 3. The number of amides is 1. The second kappa shape index (κ2) is 10.5. The maximum Gasteiger partial charge on any atom is 0.420 e. The van der Waals surface area contributed by atoms with Crippen molar-refractivity contribution in [3.8, 4) is 11.5 Å². The number of benzene rings is 2. The van der Waals surface area contributed by atoms with Gasteiger partial charge in [0.25, 0.3) is 0 Å². The molecule has 0 unspecified atom stereocenters. The summed E-state index contributed by atoms with van der Waals surface area (Å²) in [7, 11) is 1.11. The Balaban J connectivity index is 0.00000249. The van der Waals surface area contributed by atoms with Gasteiger partial charge >= 0.3 is 25.1 Å².